The molecule has 0 saturated carbocycles. The number of guanidine groups is 2. The molecule has 86 valence electrons. The summed E-state index contributed by atoms with van der Waals surface area (Å²) in [5.41, 5.74) is 17.4. The summed E-state index contributed by atoms with van der Waals surface area (Å²) >= 11 is 9.24. The van der Waals surface area contributed by atoms with Crippen LogP contribution in [0, 0.1) is 6.92 Å². The van der Waals surface area contributed by atoms with Gasteiger partial charge in [-0.1, -0.05) is 27.5 Å². The Hall–Kier alpha value is -1.27. The maximum Gasteiger partial charge on any atom is 0.223 e. The second-order valence-electron chi connectivity index (χ2n) is 3.04. The van der Waals surface area contributed by atoms with Crippen LogP contribution in [0.1, 0.15) is 5.56 Å². The largest absolute Gasteiger partial charge is 0.370 e. The second kappa shape index (κ2) is 5.18. The summed E-state index contributed by atoms with van der Waals surface area (Å²) < 4.78 is 0.844. The zero-order valence-electron chi connectivity index (χ0n) is 8.54. The van der Waals surface area contributed by atoms with Crippen molar-refractivity contribution >= 4 is 45.1 Å². The molecular weight excluding hydrogens is 293 g/mol. The molecule has 0 aromatic heterocycles. The first-order chi connectivity index (χ1) is 7.40. The summed E-state index contributed by atoms with van der Waals surface area (Å²) in [5.74, 6) is -0.155. The molecule has 16 heavy (non-hydrogen) atoms. The maximum atomic E-state index is 5.89. The lowest BCUT2D eigenvalue weighted by atomic mass is 10.2. The van der Waals surface area contributed by atoms with Gasteiger partial charge in [0.25, 0.3) is 0 Å². The van der Waals surface area contributed by atoms with Crippen LogP contribution in [-0.2, 0) is 0 Å². The van der Waals surface area contributed by atoms with Crippen LogP contribution in [0.5, 0.6) is 0 Å². The third-order valence-corrected chi connectivity index (χ3v) is 2.80. The van der Waals surface area contributed by atoms with Gasteiger partial charge in [0.15, 0.2) is 5.96 Å². The van der Waals surface area contributed by atoms with Gasteiger partial charge in [0.2, 0.25) is 5.96 Å². The molecular formula is C9H11BrClN5. The molecule has 0 radical (unpaired) electrons. The monoisotopic (exact) mass is 303 g/mol. The standard InChI is InChI=1S/C9H11BrClN5/c1-4-6(10)2-5(11)3-7(4)15-9(14)16-8(12)13/h2-3H,1H3,(H6,12,13,14,15,16). The summed E-state index contributed by atoms with van der Waals surface area (Å²) in [6.07, 6.45) is 0. The average Bonchev–Trinajstić information content (AvgIpc) is 2.11. The van der Waals surface area contributed by atoms with E-state index in [4.69, 9.17) is 28.8 Å². The molecule has 0 spiro atoms. The maximum absolute atomic E-state index is 5.89. The van der Waals surface area contributed by atoms with Crippen LogP contribution in [0.15, 0.2) is 26.6 Å². The van der Waals surface area contributed by atoms with Gasteiger partial charge in [-0.15, -0.1) is 0 Å². The minimum atomic E-state index is -0.139. The van der Waals surface area contributed by atoms with Crippen molar-refractivity contribution in [3.8, 4) is 0 Å². The van der Waals surface area contributed by atoms with Crippen molar-refractivity contribution in [2.45, 2.75) is 6.92 Å². The Morgan fingerprint density at radius 2 is 1.94 bits per heavy atom. The van der Waals surface area contributed by atoms with E-state index in [9.17, 15) is 0 Å². The van der Waals surface area contributed by atoms with Gasteiger partial charge in [-0.05, 0) is 24.6 Å². The zero-order chi connectivity index (χ0) is 12.3. The predicted molar refractivity (Wildman–Crippen MR) is 71.0 cm³/mol. The quantitative estimate of drug-likeness (QED) is 0.542. The van der Waals surface area contributed by atoms with E-state index in [1.807, 2.05) is 6.92 Å². The highest BCUT2D eigenvalue weighted by Gasteiger charge is 2.04. The Kier molecular flexibility index (Phi) is 4.14. The van der Waals surface area contributed by atoms with Crippen molar-refractivity contribution in [2.75, 3.05) is 0 Å². The van der Waals surface area contributed by atoms with Crippen molar-refractivity contribution in [3.63, 3.8) is 0 Å². The van der Waals surface area contributed by atoms with E-state index in [0.717, 1.165) is 10.0 Å². The van der Waals surface area contributed by atoms with E-state index in [2.05, 4.69) is 25.9 Å². The SMILES string of the molecule is Cc1c(Br)cc(Cl)cc1N=C(N)N=C(N)N. The number of hydrogen-bond donors (Lipinski definition) is 3. The Morgan fingerprint density at radius 3 is 2.50 bits per heavy atom. The molecule has 6 N–H and O–H groups in total. The molecule has 1 aromatic rings. The molecule has 5 nitrogen and oxygen atoms in total. The van der Waals surface area contributed by atoms with Crippen LogP contribution in [0.25, 0.3) is 0 Å². The van der Waals surface area contributed by atoms with Crippen molar-refractivity contribution in [1.29, 1.82) is 0 Å². The topological polar surface area (TPSA) is 103 Å². The fourth-order valence-electron chi connectivity index (χ4n) is 1.03. The van der Waals surface area contributed by atoms with Crippen molar-refractivity contribution < 1.29 is 0 Å². The van der Waals surface area contributed by atoms with Gasteiger partial charge in [0.1, 0.15) is 0 Å². The number of nitrogens with zero attached hydrogens (tertiary/aromatic N) is 2. The Balaban J connectivity index is 3.20. The Morgan fingerprint density at radius 1 is 1.31 bits per heavy atom. The smallest absolute Gasteiger partial charge is 0.223 e. The Bertz CT molecular complexity index is 465. The highest BCUT2D eigenvalue weighted by molar-refractivity contribution is 9.10. The lowest BCUT2D eigenvalue weighted by Gasteiger charge is -2.04. The molecule has 1 rings (SSSR count). The molecule has 7 heteroatoms. The van der Waals surface area contributed by atoms with E-state index >= 15 is 0 Å². The van der Waals surface area contributed by atoms with Gasteiger partial charge < -0.3 is 17.2 Å². The molecule has 0 amide bonds. The lowest BCUT2D eigenvalue weighted by molar-refractivity contribution is 1.33. The molecule has 0 bridgehead atoms. The van der Waals surface area contributed by atoms with Crippen LogP contribution < -0.4 is 17.2 Å². The minimum Gasteiger partial charge on any atom is -0.370 e. The average molecular weight is 305 g/mol. The first kappa shape index (κ1) is 12.8. The van der Waals surface area contributed by atoms with E-state index in [0.29, 0.717) is 10.7 Å². The van der Waals surface area contributed by atoms with Crippen LogP contribution >= 0.6 is 27.5 Å². The minimum absolute atomic E-state index is 0.0164. The number of benzene rings is 1. The van der Waals surface area contributed by atoms with Crippen LogP contribution in [-0.4, -0.2) is 11.9 Å². The van der Waals surface area contributed by atoms with Crippen LogP contribution in [0.3, 0.4) is 0 Å². The third kappa shape index (κ3) is 3.39. The van der Waals surface area contributed by atoms with E-state index < -0.39 is 0 Å². The summed E-state index contributed by atoms with van der Waals surface area (Å²) in [7, 11) is 0. The van der Waals surface area contributed by atoms with E-state index in [-0.39, 0.29) is 11.9 Å². The summed E-state index contributed by atoms with van der Waals surface area (Å²) in [6, 6.07) is 3.45. The molecule has 1 aromatic carbocycles. The van der Waals surface area contributed by atoms with Gasteiger partial charge in [-0.3, -0.25) is 0 Å². The molecule has 0 unspecified atom stereocenters. The molecule has 0 aliphatic rings. The second-order valence-corrected chi connectivity index (χ2v) is 4.33. The molecule has 0 atom stereocenters. The van der Waals surface area contributed by atoms with Crippen molar-refractivity contribution in [3.05, 3.63) is 27.2 Å². The van der Waals surface area contributed by atoms with Gasteiger partial charge in [0.05, 0.1) is 5.69 Å². The third-order valence-electron chi connectivity index (χ3n) is 1.76. The molecule has 0 fully saturated rings. The predicted octanol–water partition coefficient (Wildman–Crippen LogP) is 1.63. The van der Waals surface area contributed by atoms with Gasteiger partial charge in [-0.2, -0.15) is 4.99 Å². The van der Waals surface area contributed by atoms with Crippen LogP contribution in [0.4, 0.5) is 5.69 Å². The van der Waals surface area contributed by atoms with Crippen molar-refractivity contribution in [2.24, 2.45) is 27.2 Å². The number of halogens is 2. The molecule has 0 heterocycles. The van der Waals surface area contributed by atoms with Gasteiger partial charge in [0, 0.05) is 9.50 Å². The number of rotatable bonds is 1. The zero-order valence-corrected chi connectivity index (χ0v) is 10.9. The van der Waals surface area contributed by atoms with Crippen molar-refractivity contribution in [1.82, 2.24) is 0 Å². The van der Waals surface area contributed by atoms with Gasteiger partial charge in [-0.25, -0.2) is 4.99 Å². The number of nitrogens with two attached hydrogens (primary N) is 3. The van der Waals surface area contributed by atoms with E-state index in [1.54, 1.807) is 12.1 Å². The first-order valence-electron chi connectivity index (χ1n) is 4.29. The fraction of sp³-hybridized carbons (Fsp3) is 0.111. The first-order valence-corrected chi connectivity index (χ1v) is 5.46. The summed E-state index contributed by atoms with van der Waals surface area (Å²) in [5, 5.41) is 0.550. The summed E-state index contributed by atoms with van der Waals surface area (Å²) in [6.45, 7) is 1.88. The molecule has 0 aliphatic heterocycles. The highest BCUT2D eigenvalue weighted by atomic mass is 79.9. The summed E-state index contributed by atoms with van der Waals surface area (Å²) in [4.78, 5) is 7.67. The van der Waals surface area contributed by atoms with E-state index in [1.165, 1.54) is 0 Å². The fourth-order valence-corrected chi connectivity index (χ4v) is 1.82. The normalized spacial score (nSPS) is 11.3. The lowest BCUT2D eigenvalue weighted by Crippen LogP contribution is -2.26. The number of hydrogen-bond acceptors (Lipinski definition) is 1. The van der Waals surface area contributed by atoms with Crippen LogP contribution in [0.2, 0.25) is 5.02 Å². The highest BCUT2D eigenvalue weighted by Crippen LogP contribution is 2.30. The number of aliphatic imine (C=N–C) groups is 2. The Labute approximate surface area is 107 Å². The van der Waals surface area contributed by atoms with Gasteiger partial charge >= 0.3 is 0 Å². The molecule has 0 aliphatic carbocycles. The molecule has 0 saturated heterocycles.